The van der Waals surface area contributed by atoms with E-state index in [1.807, 2.05) is 24.3 Å². The smallest absolute Gasteiger partial charge is 1.00 e. The topological polar surface area (TPSA) is 46.7 Å². The molecule has 2 heterocycles. The van der Waals surface area contributed by atoms with Crippen molar-refractivity contribution in [2.75, 3.05) is 39.5 Å². The van der Waals surface area contributed by atoms with Gasteiger partial charge in [-0.25, -0.2) is 0 Å². The molecule has 2 aromatic rings. The van der Waals surface area contributed by atoms with Gasteiger partial charge in [0.05, 0.1) is 0 Å². The third-order valence-electron chi connectivity index (χ3n) is 5.47. The Morgan fingerprint density at radius 1 is 0.595 bits per heavy atom. The van der Waals surface area contributed by atoms with Gasteiger partial charge in [-0.3, -0.25) is 0 Å². The Balaban J connectivity index is -0.000000433. The van der Waals surface area contributed by atoms with Gasteiger partial charge in [0.25, 0.3) is 0 Å². The summed E-state index contributed by atoms with van der Waals surface area (Å²) < 4.78 is 9.89. The molecule has 4 rings (SSSR count). The summed E-state index contributed by atoms with van der Waals surface area (Å²) in [6.07, 6.45) is 9.92. The zero-order valence-corrected chi connectivity index (χ0v) is 28.2. The summed E-state index contributed by atoms with van der Waals surface area (Å²) in [5.74, 6) is 0. The van der Waals surface area contributed by atoms with Crippen LogP contribution in [0.2, 0.25) is 0 Å². The maximum Gasteiger partial charge on any atom is 4.00 e. The normalized spacial score (nSPS) is 12.9. The standard InChI is InChI=1S/2C11H16N.2C4H8O.2BrH.Ti/c2*1-3-4-9-12-11-8-6-5-7-10(11)2;2*1-2-4-5-3-1;;;/h2*5-8H,3-4,9H2,1-2H3;2*1-4H2;2*1H;/q2*-1;;;;;+4/p-2. The largest absolute Gasteiger partial charge is 4.00 e. The summed E-state index contributed by atoms with van der Waals surface area (Å²) in [4.78, 5) is 0. The molecule has 0 saturated carbocycles. The van der Waals surface area contributed by atoms with E-state index in [2.05, 4.69) is 62.6 Å². The second-order valence-corrected chi connectivity index (χ2v) is 8.68. The van der Waals surface area contributed by atoms with Crippen LogP contribution in [0.1, 0.15) is 76.3 Å². The van der Waals surface area contributed by atoms with E-state index in [9.17, 15) is 0 Å². The van der Waals surface area contributed by atoms with E-state index in [0.29, 0.717) is 0 Å². The zero-order chi connectivity index (χ0) is 24.7. The van der Waals surface area contributed by atoms with E-state index in [4.69, 9.17) is 9.47 Å². The number of rotatable bonds is 8. The molecular formula is C30H48Br2N2O2Ti. The average molecular weight is 676 g/mol. The van der Waals surface area contributed by atoms with Crippen LogP contribution in [-0.4, -0.2) is 39.5 Å². The molecule has 0 aliphatic carbocycles. The van der Waals surface area contributed by atoms with Crippen LogP contribution in [0.5, 0.6) is 0 Å². The molecular weight excluding hydrogens is 628 g/mol. The predicted molar refractivity (Wildman–Crippen MR) is 148 cm³/mol. The Labute approximate surface area is 263 Å². The summed E-state index contributed by atoms with van der Waals surface area (Å²) in [5, 5.41) is 8.99. The van der Waals surface area contributed by atoms with Gasteiger partial charge in [-0.1, -0.05) is 99.2 Å². The van der Waals surface area contributed by atoms with Crippen molar-refractivity contribution < 1.29 is 65.2 Å². The van der Waals surface area contributed by atoms with Gasteiger partial charge in [0.2, 0.25) is 0 Å². The van der Waals surface area contributed by atoms with Gasteiger partial charge in [0.15, 0.2) is 0 Å². The molecule has 0 atom stereocenters. The molecule has 2 aliphatic rings. The number of nitrogens with zero attached hydrogens (tertiary/aromatic N) is 2. The van der Waals surface area contributed by atoms with Crippen molar-refractivity contribution in [1.82, 2.24) is 0 Å². The number of unbranched alkanes of at least 4 members (excludes halogenated alkanes) is 2. The van der Waals surface area contributed by atoms with Crippen molar-refractivity contribution in [3.05, 3.63) is 70.3 Å². The molecule has 2 aromatic carbocycles. The van der Waals surface area contributed by atoms with Crippen molar-refractivity contribution in [2.45, 2.75) is 79.1 Å². The second kappa shape index (κ2) is 30.2. The number of para-hydroxylation sites is 2. The minimum atomic E-state index is 0. The van der Waals surface area contributed by atoms with Gasteiger partial charge in [0.1, 0.15) is 0 Å². The molecule has 2 saturated heterocycles. The summed E-state index contributed by atoms with van der Waals surface area (Å²) in [6, 6.07) is 16.5. The van der Waals surface area contributed by atoms with Crippen LogP contribution >= 0.6 is 0 Å². The predicted octanol–water partition coefficient (Wildman–Crippen LogP) is 3.20. The maximum absolute atomic E-state index is 4.94. The molecule has 208 valence electrons. The van der Waals surface area contributed by atoms with Gasteiger partial charge < -0.3 is 54.1 Å². The number of hydrogen-bond donors (Lipinski definition) is 0. The fourth-order valence-electron chi connectivity index (χ4n) is 3.22. The zero-order valence-electron chi connectivity index (χ0n) is 23.5. The van der Waals surface area contributed by atoms with E-state index < -0.39 is 0 Å². The summed E-state index contributed by atoms with van der Waals surface area (Å²) in [7, 11) is 0. The molecule has 4 nitrogen and oxygen atoms in total. The Bertz CT molecular complexity index is 654. The third kappa shape index (κ3) is 23.3. The van der Waals surface area contributed by atoms with Crippen LogP contribution in [-0.2, 0) is 31.2 Å². The van der Waals surface area contributed by atoms with Crippen LogP contribution in [0.3, 0.4) is 0 Å². The van der Waals surface area contributed by atoms with E-state index in [1.54, 1.807) is 0 Å². The quantitative estimate of drug-likeness (QED) is 0.319. The van der Waals surface area contributed by atoms with E-state index in [0.717, 1.165) is 50.9 Å². The van der Waals surface area contributed by atoms with Crippen molar-refractivity contribution in [1.29, 1.82) is 0 Å². The fraction of sp³-hybridized carbons (Fsp3) is 0.600. The van der Waals surface area contributed by atoms with Gasteiger partial charge in [-0.2, -0.15) is 0 Å². The summed E-state index contributed by atoms with van der Waals surface area (Å²) in [6.45, 7) is 14.5. The Morgan fingerprint density at radius 2 is 0.919 bits per heavy atom. The van der Waals surface area contributed by atoms with Crippen molar-refractivity contribution >= 4 is 11.4 Å². The molecule has 0 spiro atoms. The van der Waals surface area contributed by atoms with Gasteiger partial charge in [-0.05, 0) is 39.5 Å². The molecule has 0 unspecified atom stereocenters. The first-order chi connectivity index (χ1) is 16.7. The number of benzene rings is 2. The van der Waals surface area contributed by atoms with Crippen LogP contribution < -0.4 is 34.0 Å². The van der Waals surface area contributed by atoms with Crippen molar-refractivity contribution in [3.8, 4) is 0 Å². The van der Waals surface area contributed by atoms with Crippen molar-refractivity contribution in [3.63, 3.8) is 0 Å². The van der Waals surface area contributed by atoms with Gasteiger partial charge in [0, 0.05) is 26.4 Å². The van der Waals surface area contributed by atoms with Gasteiger partial charge >= 0.3 is 21.7 Å². The van der Waals surface area contributed by atoms with E-state index in [1.165, 1.54) is 62.5 Å². The maximum atomic E-state index is 4.94. The van der Waals surface area contributed by atoms with Gasteiger partial charge in [-0.15, -0.1) is 24.5 Å². The number of hydrogen-bond acceptors (Lipinski definition) is 2. The molecule has 37 heavy (non-hydrogen) atoms. The monoisotopic (exact) mass is 674 g/mol. The number of aryl methyl sites for hydroxylation is 2. The Kier molecular flexibility index (Phi) is 33.5. The van der Waals surface area contributed by atoms with E-state index >= 15 is 0 Å². The Hall–Kier alpha value is -0.366. The molecule has 2 fully saturated rings. The first-order valence-electron chi connectivity index (χ1n) is 13.3. The third-order valence-corrected chi connectivity index (χ3v) is 5.47. The molecule has 7 heteroatoms. The number of ether oxygens (including phenoxy) is 2. The average Bonchev–Trinajstić information content (AvgIpc) is 3.62. The molecule has 0 radical (unpaired) electrons. The summed E-state index contributed by atoms with van der Waals surface area (Å²) >= 11 is 0. The first kappa shape index (κ1) is 41.1. The second-order valence-electron chi connectivity index (χ2n) is 8.68. The Morgan fingerprint density at radius 3 is 1.16 bits per heavy atom. The first-order valence-corrected chi connectivity index (χ1v) is 13.3. The molecule has 2 aliphatic heterocycles. The molecule has 0 N–H and O–H groups in total. The van der Waals surface area contributed by atoms with Crippen molar-refractivity contribution in [2.24, 2.45) is 0 Å². The SMILES string of the molecule is C1CCOC1.C1CCOC1.CCCC[N-]c1ccccc1C.CCCC[N-]c1ccccc1C.[Br-].[Br-].[Ti+4]. The van der Waals surface area contributed by atoms with Crippen LogP contribution in [0.4, 0.5) is 11.4 Å². The minimum Gasteiger partial charge on any atom is -1.00 e. The van der Waals surface area contributed by atoms with Crippen LogP contribution in [0, 0.1) is 13.8 Å². The molecule has 0 aromatic heterocycles. The summed E-state index contributed by atoms with van der Waals surface area (Å²) in [5.41, 5.74) is 4.83. The number of halogens is 2. The van der Waals surface area contributed by atoms with Crippen LogP contribution in [0.25, 0.3) is 10.6 Å². The molecule has 0 bridgehead atoms. The van der Waals surface area contributed by atoms with E-state index in [-0.39, 0.29) is 55.7 Å². The van der Waals surface area contributed by atoms with Crippen LogP contribution in [0.15, 0.2) is 48.5 Å². The molecule has 0 amide bonds. The fourth-order valence-corrected chi connectivity index (χ4v) is 3.22. The minimum absolute atomic E-state index is 0.